The molecule has 4 aromatic heterocycles. The van der Waals surface area contributed by atoms with Crippen molar-refractivity contribution in [2.75, 3.05) is 0 Å². The zero-order valence-corrected chi connectivity index (χ0v) is 29.6. The molecule has 0 aliphatic carbocycles. The van der Waals surface area contributed by atoms with Crippen LogP contribution in [0.25, 0.3) is 104 Å². The van der Waals surface area contributed by atoms with Gasteiger partial charge in [0.2, 0.25) is 0 Å². The summed E-state index contributed by atoms with van der Waals surface area (Å²) in [6.07, 6.45) is 0. The maximum Gasteiger partial charge on any atom is 0.124 e. The Kier molecular flexibility index (Phi) is 6.37. The third kappa shape index (κ3) is 4.57. The Labute approximate surface area is 303 Å². The highest BCUT2D eigenvalue weighted by Crippen LogP contribution is 2.46. The van der Waals surface area contributed by atoms with E-state index in [9.17, 15) is 0 Å². The minimum Gasteiger partial charge on any atom is -0.236 e. The molecule has 0 bridgehead atoms. The van der Waals surface area contributed by atoms with Crippen LogP contribution in [0.4, 0.5) is 0 Å². The van der Waals surface area contributed by atoms with Crippen LogP contribution in [0.2, 0.25) is 0 Å². The standard InChI is InChI=1S/C44H24N2S4/c1-3-7-37-35(5-1)45-43(49-37)27-13-9-25(10-14-27)29-17-19-31-33-21-22-34-32-20-18-30(24-40(32)48-42(34)41(33)47-39(31)23-29)26-11-15-28(16-12-26)44-46-36-6-2-4-8-38(36)50-44/h1-24H. The van der Waals surface area contributed by atoms with Crippen molar-refractivity contribution in [2.24, 2.45) is 0 Å². The number of aromatic nitrogens is 2. The molecule has 11 aromatic rings. The van der Waals surface area contributed by atoms with Crippen LogP contribution in [0.3, 0.4) is 0 Å². The average Bonchev–Trinajstić information content (AvgIpc) is 3.96. The Morgan fingerprint density at radius 3 is 1.12 bits per heavy atom. The molecule has 0 fully saturated rings. The van der Waals surface area contributed by atoms with Gasteiger partial charge in [0.05, 0.1) is 29.8 Å². The molecule has 0 aliphatic heterocycles. The van der Waals surface area contributed by atoms with Crippen molar-refractivity contribution in [1.82, 2.24) is 9.97 Å². The Morgan fingerprint density at radius 2 is 0.680 bits per heavy atom. The van der Waals surface area contributed by atoms with Crippen molar-refractivity contribution in [3.63, 3.8) is 0 Å². The normalized spacial score (nSPS) is 12.0. The van der Waals surface area contributed by atoms with Crippen molar-refractivity contribution in [3.05, 3.63) is 146 Å². The number of fused-ring (bicyclic) bond motifs is 9. The van der Waals surface area contributed by atoms with Gasteiger partial charge in [-0.2, -0.15) is 0 Å². The van der Waals surface area contributed by atoms with Gasteiger partial charge in [-0.05, 0) is 58.7 Å². The van der Waals surface area contributed by atoms with Crippen LogP contribution >= 0.6 is 45.3 Å². The zero-order chi connectivity index (χ0) is 32.8. The molecule has 0 saturated heterocycles. The number of thiophene rings is 2. The summed E-state index contributed by atoms with van der Waals surface area (Å²) >= 11 is 7.33. The lowest BCUT2D eigenvalue weighted by Gasteiger charge is -2.04. The number of para-hydroxylation sites is 2. The highest BCUT2D eigenvalue weighted by atomic mass is 32.1. The fraction of sp³-hybridized carbons (Fsp3) is 0. The minimum absolute atomic E-state index is 1.06. The number of benzene rings is 7. The molecule has 0 N–H and O–H groups in total. The van der Waals surface area contributed by atoms with Gasteiger partial charge >= 0.3 is 0 Å². The minimum atomic E-state index is 1.06. The third-order valence-corrected chi connectivity index (χ3v) is 14.3. The quantitative estimate of drug-likeness (QED) is 0.182. The molecule has 4 heterocycles. The van der Waals surface area contributed by atoms with Gasteiger partial charge in [-0.3, -0.25) is 0 Å². The van der Waals surface area contributed by atoms with E-state index in [0.29, 0.717) is 0 Å². The second-order valence-electron chi connectivity index (χ2n) is 12.6. The van der Waals surface area contributed by atoms with Gasteiger partial charge < -0.3 is 0 Å². The van der Waals surface area contributed by atoms with Gasteiger partial charge in [0, 0.05) is 42.1 Å². The summed E-state index contributed by atoms with van der Waals surface area (Å²) < 4.78 is 7.86. The van der Waals surface area contributed by atoms with E-state index in [1.165, 1.54) is 72.0 Å². The topological polar surface area (TPSA) is 25.8 Å². The van der Waals surface area contributed by atoms with E-state index in [1.807, 2.05) is 34.8 Å². The van der Waals surface area contributed by atoms with E-state index < -0.39 is 0 Å². The molecule has 50 heavy (non-hydrogen) atoms. The second kappa shape index (κ2) is 11.1. The van der Waals surface area contributed by atoms with Crippen molar-refractivity contribution in [1.29, 1.82) is 0 Å². The maximum absolute atomic E-state index is 4.85. The smallest absolute Gasteiger partial charge is 0.124 e. The molecule has 11 rings (SSSR count). The molecule has 0 aliphatic rings. The fourth-order valence-electron chi connectivity index (χ4n) is 7.03. The number of thiazole rings is 2. The summed E-state index contributed by atoms with van der Waals surface area (Å²) in [5.74, 6) is 0. The third-order valence-electron chi connectivity index (χ3n) is 9.60. The van der Waals surface area contributed by atoms with Crippen LogP contribution in [-0.4, -0.2) is 9.97 Å². The molecule has 0 unspecified atom stereocenters. The van der Waals surface area contributed by atoms with Crippen LogP contribution in [0, 0.1) is 0 Å². The van der Waals surface area contributed by atoms with Gasteiger partial charge in [0.1, 0.15) is 10.0 Å². The Hall–Kier alpha value is -5.24. The average molecular weight is 709 g/mol. The van der Waals surface area contributed by atoms with Gasteiger partial charge in [-0.1, -0.05) is 109 Å². The van der Waals surface area contributed by atoms with Gasteiger partial charge in [-0.15, -0.1) is 45.3 Å². The molecule has 2 nitrogen and oxygen atoms in total. The van der Waals surface area contributed by atoms with Gasteiger partial charge in [-0.25, -0.2) is 9.97 Å². The zero-order valence-electron chi connectivity index (χ0n) is 26.4. The molecule has 0 radical (unpaired) electrons. The van der Waals surface area contributed by atoms with E-state index in [-0.39, 0.29) is 0 Å². The second-order valence-corrected chi connectivity index (χ2v) is 16.7. The SMILES string of the molecule is c1ccc2sc(-c3ccc(-c4ccc5c(c4)sc4c5ccc5c6ccc(-c7ccc(-c8nc9ccccc9s8)cc7)cc6sc54)cc3)nc2c1. The summed E-state index contributed by atoms with van der Waals surface area (Å²) in [6.45, 7) is 0. The molecule has 0 atom stereocenters. The van der Waals surface area contributed by atoms with E-state index in [1.54, 1.807) is 22.7 Å². The lowest BCUT2D eigenvalue weighted by molar-refractivity contribution is 1.48. The van der Waals surface area contributed by atoms with Crippen LogP contribution < -0.4 is 0 Å². The molecular weight excluding hydrogens is 685 g/mol. The van der Waals surface area contributed by atoms with E-state index in [4.69, 9.17) is 9.97 Å². The van der Waals surface area contributed by atoms with Crippen LogP contribution in [0.5, 0.6) is 0 Å². The summed E-state index contributed by atoms with van der Waals surface area (Å²) in [5, 5.41) is 7.47. The summed E-state index contributed by atoms with van der Waals surface area (Å²) in [4.78, 5) is 9.70. The van der Waals surface area contributed by atoms with Crippen LogP contribution in [0.1, 0.15) is 0 Å². The monoisotopic (exact) mass is 708 g/mol. The van der Waals surface area contributed by atoms with E-state index in [0.717, 1.165) is 32.2 Å². The van der Waals surface area contributed by atoms with Gasteiger partial charge in [0.25, 0.3) is 0 Å². The van der Waals surface area contributed by atoms with E-state index in [2.05, 4.69) is 133 Å². The van der Waals surface area contributed by atoms with E-state index >= 15 is 0 Å². The lowest BCUT2D eigenvalue weighted by Crippen LogP contribution is -1.80. The Morgan fingerprint density at radius 1 is 0.300 bits per heavy atom. The first kappa shape index (κ1) is 28.6. The van der Waals surface area contributed by atoms with Crippen molar-refractivity contribution >= 4 is 106 Å². The highest BCUT2D eigenvalue weighted by Gasteiger charge is 2.15. The Bertz CT molecular complexity index is 2810. The molecule has 6 heteroatoms. The molecule has 0 spiro atoms. The number of hydrogen-bond donors (Lipinski definition) is 0. The maximum atomic E-state index is 4.85. The predicted octanol–water partition coefficient (Wildman–Crippen LogP) is 14.3. The molecule has 7 aromatic carbocycles. The number of rotatable bonds is 4. The Balaban J connectivity index is 0.930. The van der Waals surface area contributed by atoms with Gasteiger partial charge in [0.15, 0.2) is 0 Å². The van der Waals surface area contributed by atoms with Crippen LogP contribution in [0.15, 0.2) is 146 Å². The summed E-state index contributed by atoms with van der Waals surface area (Å²) in [6, 6.07) is 52.9. The van der Waals surface area contributed by atoms with Crippen molar-refractivity contribution < 1.29 is 0 Å². The first-order valence-electron chi connectivity index (χ1n) is 16.5. The van der Waals surface area contributed by atoms with Crippen LogP contribution in [-0.2, 0) is 0 Å². The molecule has 0 saturated carbocycles. The summed E-state index contributed by atoms with van der Waals surface area (Å²) in [5.41, 5.74) is 9.38. The molecule has 234 valence electrons. The molecule has 0 amide bonds. The fourth-order valence-corrected chi connectivity index (χ4v) is 11.6. The lowest BCUT2D eigenvalue weighted by atomic mass is 10.0. The number of nitrogens with zero attached hydrogens (tertiary/aromatic N) is 2. The first-order chi connectivity index (χ1) is 24.7. The first-order valence-corrected chi connectivity index (χ1v) is 19.7. The molecular formula is C44H24N2S4. The van der Waals surface area contributed by atoms with Crippen molar-refractivity contribution in [3.8, 4) is 43.4 Å². The van der Waals surface area contributed by atoms with Crippen molar-refractivity contribution in [2.45, 2.75) is 0 Å². The summed E-state index contributed by atoms with van der Waals surface area (Å²) in [7, 11) is 0. The number of hydrogen-bond acceptors (Lipinski definition) is 6. The largest absolute Gasteiger partial charge is 0.236 e. The highest BCUT2D eigenvalue weighted by molar-refractivity contribution is 7.33. The predicted molar refractivity (Wildman–Crippen MR) is 220 cm³/mol.